The third kappa shape index (κ3) is 4.60. The molecule has 0 N–H and O–H groups in total. The molecule has 2 heterocycles. The van der Waals surface area contributed by atoms with Crippen LogP contribution in [0, 0.1) is 0 Å². The molecule has 12 rings (SSSR count). The van der Waals surface area contributed by atoms with Gasteiger partial charge in [0.1, 0.15) is 5.58 Å². The Morgan fingerprint density at radius 2 is 1.05 bits per heavy atom. The highest BCUT2D eigenvalue weighted by atomic mass is 32.1. The van der Waals surface area contributed by atoms with Crippen LogP contribution in [0.15, 0.2) is 192 Å². The first-order valence-electron chi connectivity index (χ1n) is 18.7. The maximum Gasteiger partial charge on any atom is 0.160 e. The van der Waals surface area contributed by atoms with Gasteiger partial charge >= 0.3 is 0 Å². The Labute approximate surface area is 320 Å². The maximum absolute atomic E-state index is 6.98. The van der Waals surface area contributed by atoms with Crippen LogP contribution in [0.2, 0.25) is 0 Å². The Hall–Kier alpha value is -6.94. The van der Waals surface area contributed by atoms with Gasteiger partial charge in [0.15, 0.2) is 5.58 Å². The SMILES string of the molecule is c1ccc(-c2ccc3cc(N(c4cc5ccccc5c5c4oc4ccccc45)c4c5ccccc5cc5sc6c7ccccc7ccc6c45)ccc3c2)cc1. The quantitative estimate of drug-likeness (QED) is 0.180. The second kappa shape index (κ2) is 11.8. The highest BCUT2D eigenvalue weighted by Crippen LogP contribution is 2.53. The van der Waals surface area contributed by atoms with Gasteiger partial charge < -0.3 is 9.32 Å². The number of fused-ring (bicyclic) bond motifs is 12. The average molecular weight is 718 g/mol. The van der Waals surface area contributed by atoms with E-state index in [1.165, 1.54) is 74.4 Å². The fourth-order valence-corrected chi connectivity index (χ4v) is 10.1. The van der Waals surface area contributed by atoms with Crippen LogP contribution in [0.3, 0.4) is 0 Å². The van der Waals surface area contributed by atoms with Crippen molar-refractivity contribution >= 4 is 114 Å². The third-order valence-corrected chi connectivity index (χ3v) is 12.5. The van der Waals surface area contributed by atoms with E-state index >= 15 is 0 Å². The lowest BCUT2D eigenvalue weighted by molar-refractivity contribution is 0.669. The van der Waals surface area contributed by atoms with E-state index in [1.807, 2.05) is 11.3 Å². The minimum absolute atomic E-state index is 0.880. The number of nitrogens with zero attached hydrogens (tertiary/aromatic N) is 1. The lowest BCUT2D eigenvalue weighted by atomic mass is 9.97. The molecule has 0 saturated heterocycles. The molecule has 0 aliphatic rings. The van der Waals surface area contributed by atoms with Gasteiger partial charge in [-0.05, 0) is 85.2 Å². The molecule has 0 amide bonds. The molecule has 55 heavy (non-hydrogen) atoms. The average Bonchev–Trinajstić information content (AvgIpc) is 3.83. The van der Waals surface area contributed by atoms with Gasteiger partial charge in [-0.2, -0.15) is 0 Å². The topological polar surface area (TPSA) is 16.4 Å². The van der Waals surface area contributed by atoms with Gasteiger partial charge in [-0.1, -0.05) is 152 Å². The van der Waals surface area contributed by atoms with Crippen molar-refractivity contribution in [2.45, 2.75) is 0 Å². The molecular weight excluding hydrogens is 687 g/mol. The number of para-hydroxylation sites is 1. The lowest BCUT2D eigenvalue weighted by Crippen LogP contribution is -2.11. The number of anilines is 3. The summed E-state index contributed by atoms with van der Waals surface area (Å²) in [6.07, 6.45) is 0. The summed E-state index contributed by atoms with van der Waals surface area (Å²) in [5.41, 5.74) is 7.45. The Bertz CT molecular complexity index is 3500. The van der Waals surface area contributed by atoms with Gasteiger partial charge in [0.25, 0.3) is 0 Å². The molecule has 0 bridgehead atoms. The molecule has 0 unspecified atom stereocenters. The summed E-state index contributed by atoms with van der Waals surface area (Å²) in [5.74, 6) is 0. The first kappa shape index (κ1) is 30.5. The Kier molecular flexibility index (Phi) is 6.54. The molecule has 0 aliphatic carbocycles. The van der Waals surface area contributed by atoms with Gasteiger partial charge in [-0.3, -0.25) is 0 Å². The monoisotopic (exact) mass is 717 g/mol. The van der Waals surface area contributed by atoms with Crippen LogP contribution in [0.4, 0.5) is 17.1 Å². The zero-order valence-corrected chi connectivity index (χ0v) is 30.5. The van der Waals surface area contributed by atoms with E-state index in [9.17, 15) is 0 Å². The molecule has 2 nitrogen and oxygen atoms in total. The highest BCUT2D eigenvalue weighted by Gasteiger charge is 2.27. The van der Waals surface area contributed by atoms with Crippen LogP contribution in [0.5, 0.6) is 0 Å². The first-order chi connectivity index (χ1) is 27.3. The minimum Gasteiger partial charge on any atom is -0.454 e. The first-order valence-corrected chi connectivity index (χ1v) is 19.6. The number of thiophene rings is 1. The van der Waals surface area contributed by atoms with E-state index in [-0.39, 0.29) is 0 Å². The number of hydrogen-bond donors (Lipinski definition) is 0. The third-order valence-electron chi connectivity index (χ3n) is 11.4. The maximum atomic E-state index is 6.98. The number of benzene rings is 10. The summed E-state index contributed by atoms with van der Waals surface area (Å²) in [5, 5.41) is 14.5. The number of rotatable bonds is 4. The molecule has 2 aromatic heterocycles. The van der Waals surface area contributed by atoms with E-state index in [0.29, 0.717) is 0 Å². The molecule has 10 aromatic carbocycles. The number of hydrogen-bond acceptors (Lipinski definition) is 3. The van der Waals surface area contributed by atoms with Crippen molar-refractivity contribution in [2.24, 2.45) is 0 Å². The van der Waals surface area contributed by atoms with Crippen LogP contribution in [0.25, 0.3) is 96.3 Å². The van der Waals surface area contributed by atoms with E-state index in [4.69, 9.17) is 4.42 Å². The second-order valence-electron chi connectivity index (χ2n) is 14.5. The van der Waals surface area contributed by atoms with Crippen molar-refractivity contribution in [3.8, 4) is 11.1 Å². The van der Waals surface area contributed by atoms with Crippen LogP contribution in [-0.2, 0) is 0 Å². The van der Waals surface area contributed by atoms with Crippen molar-refractivity contribution in [3.63, 3.8) is 0 Å². The normalized spacial score (nSPS) is 12.0. The van der Waals surface area contributed by atoms with Gasteiger partial charge in [0.2, 0.25) is 0 Å². The van der Waals surface area contributed by atoms with E-state index < -0.39 is 0 Å². The molecule has 0 aliphatic heterocycles. The molecule has 0 atom stereocenters. The molecule has 0 spiro atoms. The van der Waals surface area contributed by atoms with E-state index in [1.54, 1.807) is 0 Å². The highest BCUT2D eigenvalue weighted by molar-refractivity contribution is 7.27. The van der Waals surface area contributed by atoms with Crippen molar-refractivity contribution in [3.05, 3.63) is 188 Å². The van der Waals surface area contributed by atoms with Crippen molar-refractivity contribution < 1.29 is 4.42 Å². The predicted octanol–water partition coefficient (Wildman–Crippen LogP) is 15.7. The molecule has 12 aromatic rings. The summed E-state index contributed by atoms with van der Waals surface area (Å²) in [6, 6.07) is 68.5. The summed E-state index contributed by atoms with van der Waals surface area (Å²) in [6.45, 7) is 0. The van der Waals surface area contributed by atoms with Crippen molar-refractivity contribution in [1.82, 2.24) is 0 Å². The standard InChI is InChI=1S/C52H31NOS/c1-2-12-32(13-3-1)34-22-23-36-29-39(26-24-35(36)28-34)53(45-30-37-15-5-7-17-40(37)48-43-20-10-11-21-46(43)54-51(45)48)50-41-18-8-6-16-38(41)31-47-49(50)44-27-25-33-14-4-9-19-42(33)52(44)55-47/h1-31H. The summed E-state index contributed by atoms with van der Waals surface area (Å²) in [7, 11) is 0. The largest absolute Gasteiger partial charge is 0.454 e. The Morgan fingerprint density at radius 1 is 0.400 bits per heavy atom. The van der Waals surface area contributed by atoms with Gasteiger partial charge in [0, 0.05) is 42.0 Å². The fourth-order valence-electron chi connectivity index (χ4n) is 8.83. The second-order valence-corrected chi connectivity index (χ2v) is 15.5. The van der Waals surface area contributed by atoms with E-state index in [0.717, 1.165) is 39.0 Å². The van der Waals surface area contributed by atoms with Crippen LogP contribution in [-0.4, -0.2) is 0 Å². The Balaban J connectivity index is 1.24. The van der Waals surface area contributed by atoms with Crippen LogP contribution < -0.4 is 4.90 Å². The summed E-state index contributed by atoms with van der Waals surface area (Å²) in [4.78, 5) is 2.49. The molecular formula is C52H31NOS. The predicted molar refractivity (Wildman–Crippen MR) is 237 cm³/mol. The Morgan fingerprint density at radius 3 is 1.91 bits per heavy atom. The zero-order chi connectivity index (χ0) is 36.0. The van der Waals surface area contributed by atoms with Crippen molar-refractivity contribution in [1.29, 1.82) is 0 Å². The smallest absolute Gasteiger partial charge is 0.160 e. The molecule has 0 saturated carbocycles. The molecule has 0 fully saturated rings. The van der Waals surface area contributed by atoms with Crippen LogP contribution >= 0.6 is 11.3 Å². The molecule has 256 valence electrons. The molecule has 0 radical (unpaired) electrons. The van der Waals surface area contributed by atoms with Gasteiger partial charge in [-0.15, -0.1) is 11.3 Å². The number of furan rings is 1. The van der Waals surface area contributed by atoms with Crippen molar-refractivity contribution in [2.75, 3.05) is 4.90 Å². The summed E-state index contributed by atoms with van der Waals surface area (Å²) < 4.78 is 9.55. The van der Waals surface area contributed by atoms with E-state index in [2.05, 4.69) is 193 Å². The zero-order valence-electron chi connectivity index (χ0n) is 29.7. The van der Waals surface area contributed by atoms with Gasteiger partial charge in [0.05, 0.1) is 11.4 Å². The van der Waals surface area contributed by atoms with Crippen LogP contribution in [0.1, 0.15) is 0 Å². The fraction of sp³-hybridized carbons (Fsp3) is 0. The molecule has 3 heteroatoms. The van der Waals surface area contributed by atoms with Gasteiger partial charge in [-0.25, -0.2) is 0 Å². The lowest BCUT2D eigenvalue weighted by Gasteiger charge is -2.29. The summed E-state index contributed by atoms with van der Waals surface area (Å²) >= 11 is 1.89. The minimum atomic E-state index is 0.880.